The van der Waals surface area contributed by atoms with Gasteiger partial charge in [0.25, 0.3) is 5.91 Å². The summed E-state index contributed by atoms with van der Waals surface area (Å²) in [6.07, 6.45) is 2.46. The van der Waals surface area contributed by atoms with Crippen molar-refractivity contribution in [3.63, 3.8) is 0 Å². The third kappa shape index (κ3) is 2.24. The van der Waals surface area contributed by atoms with Crippen LogP contribution in [0, 0.1) is 0 Å². The van der Waals surface area contributed by atoms with E-state index in [-0.39, 0.29) is 11.9 Å². The van der Waals surface area contributed by atoms with Crippen molar-refractivity contribution in [2.45, 2.75) is 12.5 Å². The Morgan fingerprint density at radius 2 is 2.09 bits per heavy atom. The van der Waals surface area contributed by atoms with Gasteiger partial charge in [0.2, 0.25) is 0 Å². The van der Waals surface area contributed by atoms with Gasteiger partial charge in [0.1, 0.15) is 0 Å². The van der Waals surface area contributed by atoms with E-state index in [4.69, 9.17) is 0 Å². The minimum absolute atomic E-state index is 0.0367. The van der Waals surface area contributed by atoms with Crippen molar-refractivity contribution in [2.75, 3.05) is 6.54 Å². The van der Waals surface area contributed by atoms with E-state index >= 15 is 0 Å². The molecule has 110 valence electrons. The lowest BCUT2D eigenvalue weighted by Crippen LogP contribution is -2.40. The Morgan fingerprint density at radius 3 is 2.86 bits per heavy atom. The van der Waals surface area contributed by atoms with Crippen LogP contribution in [-0.2, 0) is 6.42 Å². The second kappa shape index (κ2) is 5.62. The predicted molar refractivity (Wildman–Crippen MR) is 87.3 cm³/mol. The van der Waals surface area contributed by atoms with E-state index in [1.165, 1.54) is 10.4 Å². The standard InChI is InChI=1S/C16H13N3OS2/c20-16(13-10-17-22-18-13)19-8-6-14-12(7-9-21-14)15(19)11-4-2-1-3-5-11/h1-5,7,9-10,15H,6,8H2/t15-/m1/s1. The lowest BCUT2D eigenvalue weighted by molar-refractivity contribution is 0.0691. The average molecular weight is 327 g/mol. The van der Waals surface area contributed by atoms with Gasteiger partial charge in [0, 0.05) is 11.4 Å². The molecule has 0 saturated carbocycles. The zero-order valence-corrected chi connectivity index (χ0v) is 13.3. The summed E-state index contributed by atoms with van der Waals surface area (Å²) in [5.74, 6) is -0.0422. The van der Waals surface area contributed by atoms with E-state index in [1.807, 2.05) is 23.1 Å². The first-order chi connectivity index (χ1) is 10.8. The van der Waals surface area contributed by atoms with Gasteiger partial charge >= 0.3 is 0 Å². The third-order valence-electron chi connectivity index (χ3n) is 3.92. The van der Waals surface area contributed by atoms with Crippen LogP contribution in [0.4, 0.5) is 0 Å². The van der Waals surface area contributed by atoms with Gasteiger partial charge in [-0.15, -0.1) is 11.3 Å². The third-order valence-corrected chi connectivity index (χ3v) is 5.40. The van der Waals surface area contributed by atoms with Crippen molar-refractivity contribution < 1.29 is 4.79 Å². The van der Waals surface area contributed by atoms with Crippen molar-refractivity contribution in [1.29, 1.82) is 0 Å². The maximum absolute atomic E-state index is 12.8. The molecule has 0 unspecified atom stereocenters. The van der Waals surface area contributed by atoms with Gasteiger partial charge in [0.15, 0.2) is 5.69 Å². The molecule has 22 heavy (non-hydrogen) atoms. The normalized spacial score (nSPS) is 17.3. The van der Waals surface area contributed by atoms with Gasteiger partial charge in [0.05, 0.1) is 24.0 Å². The topological polar surface area (TPSA) is 46.1 Å². The highest BCUT2D eigenvalue weighted by Gasteiger charge is 2.33. The maximum Gasteiger partial charge on any atom is 0.276 e. The van der Waals surface area contributed by atoms with Gasteiger partial charge in [-0.3, -0.25) is 4.79 Å². The molecular formula is C16H13N3OS2. The molecule has 1 aromatic carbocycles. The number of thiophene rings is 1. The van der Waals surface area contributed by atoms with Crippen molar-refractivity contribution in [2.24, 2.45) is 0 Å². The number of hydrogen-bond acceptors (Lipinski definition) is 5. The summed E-state index contributed by atoms with van der Waals surface area (Å²) in [5.41, 5.74) is 2.81. The lowest BCUT2D eigenvalue weighted by Gasteiger charge is -2.35. The fourth-order valence-electron chi connectivity index (χ4n) is 2.94. The Hall–Kier alpha value is -2.05. The van der Waals surface area contributed by atoms with E-state index in [9.17, 15) is 4.79 Å². The van der Waals surface area contributed by atoms with Crippen LogP contribution in [0.15, 0.2) is 48.0 Å². The zero-order valence-electron chi connectivity index (χ0n) is 11.7. The van der Waals surface area contributed by atoms with Crippen LogP contribution >= 0.6 is 23.1 Å². The molecule has 0 N–H and O–H groups in total. The second-order valence-corrected chi connectivity index (χ2v) is 6.71. The molecule has 3 heterocycles. The summed E-state index contributed by atoms with van der Waals surface area (Å²) in [5, 5.41) is 2.11. The molecule has 1 aliphatic rings. The number of aromatic nitrogens is 2. The molecule has 0 fully saturated rings. The van der Waals surface area contributed by atoms with Gasteiger partial charge in [-0.25, -0.2) is 0 Å². The smallest absolute Gasteiger partial charge is 0.276 e. The van der Waals surface area contributed by atoms with Crippen LogP contribution in [0.1, 0.15) is 32.5 Å². The summed E-state index contributed by atoms with van der Waals surface area (Å²) in [6, 6.07) is 12.3. The number of nitrogens with zero attached hydrogens (tertiary/aromatic N) is 3. The number of hydrogen-bond donors (Lipinski definition) is 0. The van der Waals surface area contributed by atoms with E-state index in [0.29, 0.717) is 12.2 Å². The minimum Gasteiger partial charge on any atom is -0.326 e. The molecule has 2 aromatic heterocycles. The Balaban J connectivity index is 1.79. The SMILES string of the molecule is O=C(c1cnsn1)N1CCc2sccc2[C@H]1c1ccccc1. The van der Waals surface area contributed by atoms with Crippen molar-refractivity contribution in [3.8, 4) is 0 Å². The summed E-state index contributed by atoms with van der Waals surface area (Å²) in [7, 11) is 0. The number of amides is 1. The first kappa shape index (κ1) is 13.6. The summed E-state index contributed by atoms with van der Waals surface area (Å²) >= 11 is 2.84. The minimum atomic E-state index is -0.0422. The van der Waals surface area contributed by atoms with E-state index in [1.54, 1.807) is 17.5 Å². The fourth-order valence-corrected chi connectivity index (χ4v) is 4.25. The Kier molecular flexibility index (Phi) is 3.48. The molecule has 4 nitrogen and oxygen atoms in total. The monoisotopic (exact) mass is 327 g/mol. The number of carbonyl (C=O) groups excluding carboxylic acids is 1. The van der Waals surface area contributed by atoms with Crippen LogP contribution in [-0.4, -0.2) is 26.1 Å². The lowest BCUT2D eigenvalue weighted by atomic mass is 9.93. The molecule has 1 aliphatic heterocycles. The molecule has 1 amide bonds. The fraction of sp³-hybridized carbons (Fsp3) is 0.188. The number of benzene rings is 1. The molecule has 0 spiro atoms. The largest absolute Gasteiger partial charge is 0.326 e. The van der Waals surface area contributed by atoms with E-state index < -0.39 is 0 Å². The maximum atomic E-state index is 12.8. The highest BCUT2D eigenvalue weighted by molar-refractivity contribution is 7.10. The van der Waals surface area contributed by atoms with Crippen LogP contribution in [0.3, 0.4) is 0 Å². The van der Waals surface area contributed by atoms with E-state index in [0.717, 1.165) is 23.7 Å². The number of rotatable bonds is 2. The molecule has 6 heteroatoms. The van der Waals surface area contributed by atoms with Crippen molar-refractivity contribution in [3.05, 3.63) is 69.7 Å². The first-order valence-corrected chi connectivity index (χ1v) is 8.65. The Morgan fingerprint density at radius 1 is 1.23 bits per heavy atom. The highest BCUT2D eigenvalue weighted by atomic mass is 32.1. The molecular weight excluding hydrogens is 314 g/mol. The number of fused-ring (bicyclic) bond motifs is 1. The summed E-state index contributed by atoms with van der Waals surface area (Å²) < 4.78 is 8.06. The highest BCUT2D eigenvalue weighted by Crippen LogP contribution is 2.38. The van der Waals surface area contributed by atoms with Gasteiger partial charge in [-0.2, -0.15) is 8.75 Å². The quantitative estimate of drug-likeness (QED) is 0.725. The molecule has 4 rings (SSSR count). The second-order valence-electron chi connectivity index (χ2n) is 5.15. The van der Waals surface area contributed by atoms with Crippen LogP contribution in [0.2, 0.25) is 0 Å². The molecule has 3 aromatic rings. The molecule has 1 atom stereocenters. The predicted octanol–water partition coefficient (Wildman–Crippen LogP) is 3.39. The summed E-state index contributed by atoms with van der Waals surface area (Å²) in [4.78, 5) is 16.1. The van der Waals surface area contributed by atoms with Crippen LogP contribution in [0.25, 0.3) is 0 Å². The summed E-state index contributed by atoms with van der Waals surface area (Å²) in [6.45, 7) is 0.712. The molecule has 0 aliphatic carbocycles. The molecule has 0 saturated heterocycles. The van der Waals surface area contributed by atoms with E-state index in [2.05, 4.69) is 32.3 Å². The molecule has 0 bridgehead atoms. The Bertz CT molecular complexity index is 783. The van der Waals surface area contributed by atoms with Gasteiger partial charge in [-0.05, 0) is 29.0 Å². The first-order valence-electron chi connectivity index (χ1n) is 7.04. The van der Waals surface area contributed by atoms with Crippen LogP contribution in [0.5, 0.6) is 0 Å². The van der Waals surface area contributed by atoms with Crippen LogP contribution < -0.4 is 0 Å². The zero-order chi connectivity index (χ0) is 14.9. The Labute approximate surface area is 136 Å². The molecule has 0 radical (unpaired) electrons. The number of carbonyl (C=O) groups is 1. The van der Waals surface area contributed by atoms with Crippen molar-refractivity contribution >= 4 is 29.0 Å². The van der Waals surface area contributed by atoms with Gasteiger partial charge < -0.3 is 4.90 Å². The van der Waals surface area contributed by atoms with Gasteiger partial charge in [-0.1, -0.05) is 30.3 Å². The average Bonchev–Trinajstić information content (AvgIpc) is 3.25. The van der Waals surface area contributed by atoms with Crippen molar-refractivity contribution in [1.82, 2.24) is 13.6 Å².